The van der Waals surface area contributed by atoms with Gasteiger partial charge in [0.1, 0.15) is 0 Å². The van der Waals surface area contributed by atoms with Gasteiger partial charge >= 0.3 is 0 Å². The zero-order valence-corrected chi connectivity index (χ0v) is 13.6. The van der Waals surface area contributed by atoms with E-state index in [0.29, 0.717) is 16.5 Å². The van der Waals surface area contributed by atoms with Gasteiger partial charge in [0.05, 0.1) is 22.1 Å². The SMILES string of the molecule is C=CCN(C(=O)c1cc(Cl)ccc1Cl)[C@@H]1CCS(=O)(=O)C1. The van der Waals surface area contributed by atoms with E-state index in [1.54, 1.807) is 18.2 Å². The summed E-state index contributed by atoms with van der Waals surface area (Å²) in [5.41, 5.74) is 0.273. The molecule has 1 aromatic carbocycles. The predicted molar refractivity (Wildman–Crippen MR) is 84.8 cm³/mol. The van der Waals surface area contributed by atoms with Gasteiger partial charge in [0.25, 0.3) is 5.91 Å². The smallest absolute Gasteiger partial charge is 0.255 e. The number of nitrogens with zero attached hydrogens (tertiary/aromatic N) is 1. The highest BCUT2D eigenvalue weighted by atomic mass is 35.5. The largest absolute Gasteiger partial charge is 0.331 e. The number of sulfone groups is 1. The van der Waals surface area contributed by atoms with Crippen LogP contribution in [0.2, 0.25) is 10.0 Å². The first-order valence-corrected chi connectivity index (χ1v) is 8.99. The van der Waals surface area contributed by atoms with Crippen LogP contribution < -0.4 is 0 Å². The summed E-state index contributed by atoms with van der Waals surface area (Å²) >= 11 is 12.0. The van der Waals surface area contributed by atoms with Crippen molar-refractivity contribution in [2.75, 3.05) is 18.1 Å². The van der Waals surface area contributed by atoms with Crippen LogP contribution in [-0.4, -0.2) is 43.3 Å². The molecule has 1 aliphatic rings. The van der Waals surface area contributed by atoms with Crippen LogP contribution in [0.5, 0.6) is 0 Å². The number of amides is 1. The Bertz CT molecular complexity index is 673. The van der Waals surface area contributed by atoms with Crippen LogP contribution in [-0.2, 0) is 9.84 Å². The van der Waals surface area contributed by atoms with E-state index in [9.17, 15) is 13.2 Å². The second-order valence-electron chi connectivity index (χ2n) is 4.93. The third-order valence-electron chi connectivity index (χ3n) is 3.39. The summed E-state index contributed by atoms with van der Waals surface area (Å²) in [6.07, 6.45) is 2.00. The predicted octanol–water partition coefficient (Wildman–Crippen LogP) is 2.81. The molecule has 2 rings (SSSR count). The Kier molecular flexibility index (Phi) is 4.96. The number of hydrogen-bond donors (Lipinski definition) is 0. The van der Waals surface area contributed by atoms with E-state index in [2.05, 4.69) is 6.58 Å². The van der Waals surface area contributed by atoms with Gasteiger partial charge in [-0.2, -0.15) is 0 Å². The van der Waals surface area contributed by atoms with Gasteiger partial charge in [-0.1, -0.05) is 29.3 Å². The standard InChI is InChI=1S/C14H15Cl2NO3S/c1-2-6-17(11-5-7-21(19,20)9-11)14(18)12-8-10(15)3-4-13(12)16/h2-4,8,11H,1,5-7,9H2/t11-/m1/s1. The van der Waals surface area contributed by atoms with E-state index in [-0.39, 0.29) is 35.6 Å². The average Bonchev–Trinajstić information content (AvgIpc) is 2.78. The van der Waals surface area contributed by atoms with Gasteiger partial charge in [-0.05, 0) is 24.6 Å². The van der Waals surface area contributed by atoms with E-state index < -0.39 is 9.84 Å². The lowest BCUT2D eigenvalue weighted by Crippen LogP contribution is -2.41. The average molecular weight is 348 g/mol. The van der Waals surface area contributed by atoms with Crippen molar-refractivity contribution < 1.29 is 13.2 Å². The van der Waals surface area contributed by atoms with Crippen LogP contribution in [0, 0.1) is 0 Å². The monoisotopic (exact) mass is 347 g/mol. The second kappa shape index (κ2) is 6.38. The first-order chi connectivity index (χ1) is 9.84. The lowest BCUT2D eigenvalue weighted by molar-refractivity contribution is 0.0721. The normalized spacial score (nSPS) is 20.2. The van der Waals surface area contributed by atoms with Crippen molar-refractivity contribution in [3.8, 4) is 0 Å². The number of carbonyl (C=O) groups excluding carboxylic acids is 1. The zero-order chi connectivity index (χ0) is 15.6. The van der Waals surface area contributed by atoms with Crippen LogP contribution >= 0.6 is 23.2 Å². The summed E-state index contributed by atoms with van der Waals surface area (Å²) in [6, 6.07) is 4.29. The van der Waals surface area contributed by atoms with Gasteiger partial charge in [-0.25, -0.2) is 8.42 Å². The molecule has 1 aromatic rings. The van der Waals surface area contributed by atoms with Crippen molar-refractivity contribution in [3.05, 3.63) is 46.5 Å². The van der Waals surface area contributed by atoms with Gasteiger partial charge in [-0.3, -0.25) is 4.79 Å². The molecule has 4 nitrogen and oxygen atoms in total. The molecule has 1 atom stereocenters. The summed E-state index contributed by atoms with van der Waals surface area (Å²) < 4.78 is 23.2. The Balaban J connectivity index is 2.32. The Labute approximate surface area is 134 Å². The number of benzene rings is 1. The number of rotatable bonds is 4. The van der Waals surface area contributed by atoms with E-state index in [4.69, 9.17) is 23.2 Å². The van der Waals surface area contributed by atoms with Crippen molar-refractivity contribution in [1.82, 2.24) is 4.90 Å². The number of hydrogen-bond acceptors (Lipinski definition) is 3. The topological polar surface area (TPSA) is 54.5 Å². The van der Waals surface area contributed by atoms with Crippen molar-refractivity contribution >= 4 is 38.9 Å². The molecule has 1 heterocycles. The van der Waals surface area contributed by atoms with Crippen LogP contribution in [0.1, 0.15) is 16.8 Å². The fraction of sp³-hybridized carbons (Fsp3) is 0.357. The van der Waals surface area contributed by atoms with Crippen molar-refractivity contribution in [2.24, 2.45) is 0 Å². The molecule has 0 aliphatic carbocycles. The maximum absolute atomic E-state index is 12.6. The van der Waals surface area contributed by atoms with Gasteiger partial charge in [0.2, 0.25) is 0 Å². The number of halogens is 2. The zero-order valence-electron chi connectivity index (χ0n) is 11.3. The molecule has 0 saturated carbocycles. The molecular weight excluding hydrogens is 333 g/mol. The van der Waals surface area contributed by atoms with Gasteiger partial charge in [0.15, 0.2) is 9.84 Å². The van der Waals surface area contributed by atoms with Crippen molar-refractivity contribution in [2.45, 2.75) is 12.5 Å². The Hall–Kier alpha value is -1.04. The van der Waals surface area contributed by atoms with E-state index in [1.807, 2.05) is 0 Å². The van der Waals surface area contributed by atoms with E-state index >= 15 is 0 Å². The first kappa shape index (κ1) is 16.3. The molecule has 1 saturated heterocycles. The molecule has 0 radical (unpaired) electrons. The summed E-state index contributed by atoms with van der Waals surface area (Å²) in [6.45, 7) is 3.89. The van der Waals surface area contributed by atoms with Gasteiger partial charge in [-0.15, -0.1) is 6.58 Å². The van der Waals surface area contributed by atoms with Crippen LogP contribution in [0.3, 0.4) is 0 Å². The van der Waals surface area contributed by atoms with Gasteiger partial charge < -0.3 is 4.90 Å². The molecule has 0 N–H and O–H groups in total. The lowest BCUT2D eigenvalue weighted by Gasteiger charge is -2.27. The van der Waals surface area contributed by atoms with Crippen molar-refractivity contribution in [3.63, 3.8) is 0 Å². The van der Waals surface area contributed by atoms with E-state index in [1.165, 1.54) is 11.0 Å². The Morgan fingerprint density at radius 2 is 2.14 bits per heavy atom. The molecule has 114 valence electrons. The van der Waals surface area contributed by atoms with E-state index in [0.717, 1.165) is 0 Å². The highest BCUT2D eigenvalue weighted by molar-refractivity contribution is 7.91. The molecule has 21 heavy (non-hydrogen) atoms. The Morgan fingerprint density at radius 1 is 1.43 bits per heavy atom. The Morgan fingerprint density at radius 3 is 2.71 bits per heavy atom. The minimum absolute atomic E-state index is 0.0231. The molecule has 1 amide bonds. The number of carbonyl (C=O) groups is 1. The molecule has 1 aliphatic heterocycles. The maximum Gasteiger partial charge on any atom is 0.255 e. The minimum atomic E-state index is -3.08. The maximum atomic E-state index is 12.6. The summed E-state index contributed by atoms with van der Waals surface area (Å²) in [7, 11) is -3.08. The van der Waals surface area contributed by atoms with Crippen molar-refractivity contribution in [1.29, 1.82) is 0 Å². The molecule has 1 fully saturated rings. The highest BCUT2D eigenvalue weighted by Gasteiger charge is 2.34. The quantitative estimate of drug-likeness (QED) is 0.787. The van der Waals surface area contributed by atoms with Gasteiger partial charge in [0, 0.05) is 17.6 Å². The third kappa shape index (κ3) is 3.78. The van der Waals surface area contributed by atoms with Crippen LogP contribution in [0.15, 0.2) is 30.9 Å². The van der Waals surface area contributed by atoms with Crippen LogP contribution in [0.25, 0.3) is 0 Å². The summed E-state index contributed by atoms with van der Waals surface area (Å²) in [4.78, 5) is 14.1. The highest BCUT2D eigenvalue weighted by Crippen LogP contribution is 2.25. The third-order valence-corrected chi connectivity index (χ3v) is 5.71. The molecule has 0 spiro atoms. The first-order valence-electron chi connectivity index (χ1n) is 6.41. The van der Waals surface area contributed by atoms with Crippen LogP contribution in [0.4, 0.5) is 0 Å². The fourth-order valence-electron chi connectivity index (χ4n) is 2.37. The fourth-order valence-corrected chi connectivity index (χ4v) is 4.48. The second-order valence-corrected chi connectivity index (χ2v) is 8.00. The molecule has 7 heteroatoms. The summed E-state index contributed by atoms with van der Waals surface area (Å²) in [5.74, 6) is -0.253. The molecular formula is C14H15Cl2NO3S. The summed E-state index contributed by atoms with van der Waals surface area (Å²) in [5, 5.41) is 0.694. The molecule has 0 bridgehead atoms. The lowest BCUT2D eigenvalue weighted by atomic mass is 10.1. The molecule has 0 unspecified atom stereocenters. The molecule has 0 aromatic heterocycles. The minimum Gasteiger partial charge on any atom is -0.331 e.